The van der Waals surface area contributed by atoms with E-state index in [4.69, 9.17) is 22.1 Å². The van der Waals surface area contributed by atoms with Gasteiger partial charge in [-0.1, -0.05) is 48.2 Å². The standard InChI is InChI=1S/C25H19N3O2S3/c1-2-30-20-12-10-19(11-13-20)28-24(29)22(33-25(28)31)15-17-16-27(18-7-4-3-5-8-18)26-23(17)21-9-6-14-32-21/h3-16H,2H2,1H3. The Kier molecular flexibility index (Phi) is 6.13. The molecule has 1 amide bonds. The third-order valence-corrected chi connectivity index (χ3v) is 7.18. The number of nitrogens with zero attached hydrogens (tertiary/aromatic N) is 3. The maximum atomic E-state index is 13.3. The van der Waals surface area contributed by atoms with Crippen LogP contribution in [0.5, 0.6) is 5.75 Å². The van der Waals surface area contributed by atoms with Gasteiger partial charge in [0.1, 0.15) is 11.4 Å². The number of aromatic nitrogens is 2. The normalized spacial score (nSPS) is 14.9. The number of benzene rings is 2. The fourth-order valence-corrected chi connectivity index (χ4v) is 5.52. The summed E-state index contributed by atoms with van der Waals surface area (Å²) in [6, 6.07) is 21.3. The maximum absolute atomic E-state index is 13.3. The molecule has 1 fully saturated rings. The lowest BCUT2D eigenvalue weighted by Crippen LogP contribution is -2.27. The fourth-order valence-electron chi connectivity index (χ4n) is 3.50. The number of para-hydroxylation sites is 1. The summed E-state index contributed by atoms with van der Waals surface area (Å²) in [7, 11) is 0. The molecule has 0 saturated carbocycles. The summed E-state index contributed by atoms with van der Waals surface area (Å²) in [4.78, 5) is 16.5. The lowest BCUT2D eigenvalue weighted by atomic mass is 10.2. The van der Waals surface area contributed by atoms with Gasteiger partial charge in [0.15, 0.2) is 4.32 Å². The van der Waals surface area contributed by atoms with Crippen molar-refractivity contribution >= 4 is 57.3 Å². The number of thiocarbonyl (C=S) groups is 1. The molecule has 164 valence electrons. The van der Waals surface area contributed by atoms with Gasteiger partial charge in [-0.25, -0.2) is 4.68 Å². The zero-order chi connectivity index (χ0) is 22.8. The SMILES string of the molecule is CCOc1ccc(N2C(=O)C(=Cc3cn(-c4ccccc4)nc3-c3cccs3)SC2=S)cc1. The summed E-state index contributed by atoms with van der Waals surface area (Å²) >= 11 is 8.47. The minimum atomic E-state index is -0.140. The van der Waals surface area contributed by atoms with Crippen molar-refractivity contribution in [3.05, 3.63) is 88.8 Å². The second kappa shape index (κ2) is 9.35. The summed E-state index contributed by atoms with van der Waals surface area (Å²) < 4.78 is 7.85. The van der Waals surface area contributed by atoms with Crippen LogP contribution in [0.4, 0.5) is 5.69 Å². The van der Waals surface area contributed by atoms with Gasteiger partial charge in [-0.3, -0.25) is 9.69 Å². The van der Waals surface area contributed by atoms with Gasteiger partial charge in [-0.15, -0.1) is 11.3 Å². The van der Waals surface area contributed by atoms with E-state index in [9.17, 15) is 4.79 Å². The highest BCUT2D eigenvalue weighted by Gasteiger charge is 2.33. The van der Waals surface area contributed by atoms with Crippen molar-refractivity contribution in [1.82, 2.24) is 9.78 Å². The molecule has 0 atom stereocenters. The predicted octanol–water partition coefficient (Wildman–Crippen LogP) is 6.41. The molecule has 1 aliphatic heterocycles. The van der Waals surface area contributed by atoms with E-state index in [1.54, 1.807) is 16.2 Å². The number of thiophene rings is 1. The van der Waals surface area contributed by atoms with E-state index < -0.39 is 0 Å². The first kappa shape index (κ1) is 21.6. The van der Waals surface area contributed by atoms with Crippen molar-refractivity contribution in [2.75, 3.05) is 11.5 Å². The summed E-state index contributed by atoms with van der Waals surface area (Å²) in [5.74, 6) is 0.620. The molecule has 0 aliphatic carbocycles. The predicted molar refractivity (Wildman–Crippen MR) is 140 cm³/mol. The Morgan fingerprint density at radius 2 is 1.82 bits per heavy atom. The number of carbonyl (C=O) groups excluding carboxylic acids is 1. The molecule has 33 heavy (non-hydrogen) atoms. The van der Waals surface area contributed by atoms with Gasteiger partial charge in [0.2, 0.25) is 0 Å². The number of ether oxygens (including phenoxy) is 1. The maximum Gasteiger partial charge on any atom is 0.270 e. The molecule has 3 heterocycles. The highest BCUT2D eigenvalue weighted by molar-refractivity contribution is 8.27. The second-order valence-electron chi connectivity index (χ2n) is 7.13. The van der Waals surface area contributed by atoms with Gasteiger partial charge in [0, 0.05) is 11.8 Å². The molecular formula is C25H19N3O2S3. The van der Waals surface area contributed by atoms with Crippen LogP contribution in [0.3, 0.4) is 0 Å². The monoisotopic (exact) mass is 489 g/mol. The Hall–Kier alpha value is -3.20. The average molecular weight is 490 g/mol. The first-order valence-corrected chi connectivity index (χ1v) is 12.4. The fraction of sp³-hybridized carbons (Fsp3) is 0.0800. The minimum Gasteiger partial charge on any atom is -0.494 e. The van der Waals surface area contributed by atoms with Crippen molar-refractivity contribution in [2.24, 2.45) is 0 Å². The summed E-state index contributed by atoms with van der Waals surface area (Å²) in [5.41, 5.74) is 3.38. The number of thioether (sulfide) groups is 1. The largest absolute Gasteiger partial charge is 0.494 e. The molecule has 2 aromatic heterocycles. The molecular weight excluding hydrogens is 470 g/mol. The van der Waals surface area contributed by atoms with Crippen LogP contribution in [0.15, 0.2) is 83.2 Å². The summed E-state index contributed by atoms with van der Waals surface area (Å²) in [5, 5.41) is 6.83. The average Bonchev–Trinajstić information content (AvgIpc) is 3.56. The summed E-state index contributed by atoms with van der Waals surface area (Å²) in [6.45, 7) is 2.53. The lowest BCUT2D eigenvalue weighted by Gasteiger charge is -2.15. The molecule has 1 aliphatic rings. The number of amides is 1. The van der Waals surface area contributed by atoms with E-state index in [0.717, 1.165) is 33.3 Å². The van der Waals surface area contributed by atoms with E-state index in [1.807, 2.05) is 96.0 Å². The van der Waals surface area contributed by atoms with E-state index >= 15 is 0 Å². The van der Waals surface area contributed by atoms with Crippen LogP contribution in [0.25, 0.3) is 22.3 Å². The Bertz CT molecular complexity index is 1330. The second-order valence-corrected chi connectivity index (χ2v) is 9.76. The van der Waals surface area contributed by atoms with E-state index in [0.29, 0.717) is 15.8 Å². The van der Waals surface area contributed by atoms with Gasteiger partial charge in [-0.2, -0.15) is 5.10 Å². The first-order valence-electron chi connectivity index (χ1n) is 10.3. The van der Waals surface area contributed by atoms with Crippen molar-refractivity contribution < 1.29 is 9.53 Å². The van der Waals surface area contributed by atoms with Gasteiger partial charge in [-0.05, 0) is 60.8 Å². The summed E-state index contributed by atoms with van der Waals surface area (Å²) in [6.07, 6.45) is 3.84. The van der Waals surface area contributed by atoms with Gasteiger partial charge in [0.05, 0.1) is 27.8 Å². The van der Waals surface area contributed by atoms with E-state index in [1.165, 1.54) is 11.8 Å². The van der Waals surface area contributed by atoms with Crippen LogP contribution in [-0.2, 0) is 4.79 Å². The molecule has 5 rings (SSSR count). The third kappa shape index (κ3) is 4.37. The molecule has 0 unspecified atom stereocenters. The van der Waals surface area contributed by atoms with Gasteiger partial charge < -0.3 is 4.74 Å². The van der Waals surface area contributed by atoms with Crippen LogP contribution in [0.1, 0.15) is 12.5 Å². The Labute approximate surface area is 205 Å². The highest BCUT2D eigenvalue weighted by atomic mass is 32.2. The first-order chi connectivity index (χ1) is 16.1. The van der Waals surface area contributed by atoms with Crippen LogP contribution >= 0.6 is 35.3 Å². The molecule has 0 radical (unpaired) electrons. The quantitative estimate of drug-likeness (QED) is 0.231. The van der Waals surface area contributed by atoms with Crippen molar-refractivity contribution in [3.63, 3.8) is 0 Å². The molecule has 8 heteroatoms. The van der Waals surface area contributed by atoms with Crippen LogP contribution in [-0.4, -0.2) is 26.6 Å². The Balaban J connectivity index is 1.50. The Morgan fingerprint density at radius 3 is 2.52 bits per heavy atom. The molecule has 0 bridgehead atoms. The number of carbonyl (C=O) groups is 1. The van der Waals surface area contributed by atoms with E-state index in [2.05, 4.69) is 0 Å². The minimum absolute atomic E-state index is 0.140. The van der Waals surface area contributed by atoms with Gasteiger partial charge >= 0.3 is 0 Å². The zero-order valence-corrected chi connectivity index (χ0v) is 20.1. The molecule has 0 N–H and O–H groups in total. The Morgan fingerprint density at radius 1 is 1.03 bits per heavy atom. The molecule has 2 aromatic carbocycles. The number of hydrogen-bond acceptors (Lipinski definition) is 6. The number of anilines is 1. The van der Waals surface area contributed by atoms with Crippen molar-refractivity contribution in [1.29, 1.82) is 0 Å². The topological polar surface area (TPSA) is 47.4 Å². The third-order valence-electron chi connectivity index (χ3n) is 5.00. The molecule has 4 aromatic rings. The molecule has 1 saturated heterocycles. The molecule has 0 spiro atoms. The van der Waals surface area contributed by atoms with Crippen molar-refractivity contribution in [2.45, 2.75) is 6.92 Å². The highest BCUT2D eigenvalue weighted by Crippen LogP contribution is 2.38. The van der Waals surface area contributed by atoms with E-state index in [-0.39, 0.29) is 5.91 Å². The van der Waals surface area contributed by atoms with Crippen LogP contribution in [0.2, 0.25) is 0 Å². The number of rotatable bonds is 6. The van der Waals surface area contributed by atoms with Gasteiger partial charge in [0.25, 0.3) is 5.91 Å². The molecule has 5 nitrogen and oxygen atoms in total. The smallest absolute Gasteiger partial charge is 0.270 e. The van der Waals surface area contributed by atoms with Crippen LogP contribution in [0, 0.1) is 0 Å². The van der Waals surface area contributed by atoms with Crippen LogP contribution < -0.4 is 9.64 Å². The number of hydrogen-bond donors (Lipinski definition) is 0. The van der Waals surface area contributed by atoms with Crippen molar-refractivity contribution in [3.8, 4) is 22.0 Å². The zero-order valence-electron chi connectivity index (χ0n) is 17.7. The lowest BCUT2D eigenvalue weighted by molar-refractivity contribution is -0.113.